The summed E-state index contributed by atoms with van der Waals surface area (Å²) in [6.07, 6.45) is 3.85. The zero-order chi connectivity index (χ0) is 48.6. The Morgan fingerprint density at radius 3 is 1.59 bits per heavy atom. The number of halogens is 5. The second kappa shape index (κ2) is 27.4. The third kappa shape index (κ3) is 16.7. The topological polar surface area (TPSA) is 225 Å². The minimum absolute atomic E-state index is 0. The molecule has 5 rings (SSSR count). The van der Waals surface area contributed by atoms with Crippen molar-refractivity contribution in [3.05, 3.63) is 131 Å². The molecule has 2 amide bonds. The fourth-order valence-corrected chi connectivity index (χ4v) is 7.00. The summed E-state index contributed by atoms with van der Waals surface area (Å²) < 4.78 is 64.1. The summed E-state index contributed by atoms with van der Waals surface area (Å²) in [7, 11) is 0. The van der Waals surface area contributed by atoms with E-state index in [2.05, 4.69) is 70.9 Å². The second-order valence-corrected chi connectivity index (χ2v) is 14.9. The molecule has 0 saturated carbocycles. The van der Waals surface area contributed by atoms with Crippen molar-refractivity contribution in [2.24, 2.45) is 0 Å². The maximum Gasteiger partial charge on any atom is 0.414 e. The number of ether oxygens (including phenoxy) is 5. The minimum atomic E-state index is -0.870. The lowest BCUT2D eigenvalue weighted by Crippen LogP contribution is -2.32. The van der Waals surface area contributed by atoms with Gasteiger partial charge in [0.25, 0.3) is 0 Å². The fraction of sp³-hybridized carbons (Fsp3) is 0.317. The van der Waals surface area contributed by atoms with Gasteiger partial charge in [-0.1, -0.05) is 32.7 Å². The van der Waals surface area contributed by atoms with Gasteiger partial charge in [0, 0.05) is 41.9 Å². The van der Waals surface area contributed by atoms with Gasteiger partial charge in [0.2, 0.25) is 5.82 Å². The van der Waals surface area contributed by atoms with Gasteiger partial charge in [0.1, 0.15) is 56.9 Å². The predicted molar refractivity (Wildman–Crippen MR) is 251 cm³/mol. The average Bonchev–Trinajstić information content (AvgIpc) is 3.84. The van der Waals surface area contributed by atoms with Crippen LogP contribution in [0.4, 0.5) is 46.9 Å². The lowest BCUT2D eigenvalue weighted by Gasteiger charge is -2.22. The standard InChI is InChI=1S/C18H16Br2FN3O5.C18H18BrFN4O5.C4H8O.CH4.2H2/c1-3-5-29-13-7-11(6-12(21)8-13)10-23(18(25)28-4-2)14-9-15(19)22-17(20)16(14)24(26)27;1-3-5-29-13-7-11(6-12(20)8-13)10-23(18(25)28-4-2)14-9-15(19)22-17(21)16(14)24(26)27;1-2-4-5-3-1;;;/h3,6-9H,1,4-5,10H2,2H3;3,6-9H,1,4-5,10H2,2H3,(H2,21,22);1-4H2;1H4;2*1H/i;;;;1+1D;1+1. The molecule has 18 nitrogen and oxygen atoms in total. The smallest absolute Gasteiger partial charge is 0.414 e. The number of carbonyl (C=O) groups excluding carboxylic acids is 2. The van der Waals surface area contributed by atoms with E-state index in [0.29, 0.717) is 11.1 Å². The van der Waals surface area contributed by atoms with Gasteiger partial charge in [-0.15, -0.1) is 0 Å². The van der Waals surface area contributed by atoms with Crippen LogP contribution < -0.4 is 25.0 Å². The van der Waals surface area contributed by atoms with Crippen LogP contribution in [0.15, 0.2) is 87.7 Å². The van der Waals surface area contributed by atoms with Gasteiger partial charge >= 0.3 is 23.6 Å². The lowest BCUT2D eigenvalue weighted by atomic mass is 10.1. The molecule has 23 heteroatoms. The molecule has 1 aliphatic heterocycles. The first-order valence-corrected chi connectivity index (χ1v) is 21.0. The van der Waals surface area contributed by atoms with Crippen molar-refractivity contribution in [1.82, 2.24) is 9.97 Å². The molecule has 0 radical (unpaired) electrons. The van der Waals surface area contributed by atoms with E-state index in [9.17, 15) is 38.6 Å². The van der Waals surface area contributed by atoms with Gasteiger partial charge in [-0.25, -0.2) is 28.3 Å². The van der Waals surface area contributed by atoms with Crippen LogP contribution in [-0.4, -0.2) is 71.6 Å². The van der Waals surface area contributed by atoms with Crippen LogP contribution in [0, 0.1) is 31.9 Å². The summed E-state index contributed by atoms with van der Waals surface area (Å²) in [4.78, 5) is 56.5. The summed E-state index contributed by atoms with van der Waals surface area (Å²) in [5, 5.41) is 23.1. The van der Waals surface area contributed by atoms with E-state index in [1.54, 1.807) is 13.8 Å². The summed E-state index contributed by atoms with van der Waals surface area (Å²) in [6.45, 7) is 12.2. The van der Waals surface area contributed by atoms with Crippen molar-refractivity contribution in [1.29, 1.82) is 0 Å². The molecular formula is C41H50Br3F2N7O11. The first-order valence-electron chi connectivity index (χ1n) is 19.7. The summed E-state index contributed by atoms with van der Waals surface area (Å²) in [6, 6.07) is 10.3. The summed E-state index contributed by atoms with van der Waals surface area (Å²) in [5.41, 5.74) is 5.13. The molecule has 2 aromatic heterocycles. The van der Waals surface area contributed by atoms with Gasteiger partial charge < -0.3 is 29.4 Å². The van der Waals surface area contributed by atoms with Crippen molar-refractivity contribution in [2.45, 2.75) is 47.2 Å². The predicted octanol–water partition coefficient (Wildman–Crippen LogP) is 11.5. The van der Waals surface area contributed by atoms with Crippen molar-refractivity contribution >= 4 is 88.5 Å². The number of pyridine rings is 2. The Balaban J connectivity index is 0.00000111. The number of nitrogens with zero attached hydrogens (tertiary/aromatic N) is 6. The van der Waals surface area contributed by atoms with Crippen LogP contribution in [-0.2, 0) is 27.3 Å². The van der Waals surface area contributed by atoms with Gasteiger partial charge in [0.15, 0.2) is 4.60 Å². The van der Waals surface area contributed by atoms with E-state index in [0.717, 1.165) is 23.0 Å². The lowest BCUT2D eigenvalue weighted by molar-refractivity contribution is -0.385. The Morgan fingerprint density at radius 2 is 1.22 bits per heavy atom. The molecule has 0 bridgehead atoms. The Hall–Kier alpha value is -5.78. The van der Waals surface area contributed by atoms with Crippen LogP contribution in [0.5, 0.6) is 11.5 Å². The van der Waals surface area contributed by atoms with E-state index in [4.69, 9.17) is 32.4 Å². The maximum absolute atomic E-state index is 14.0. The highest BCUT2D eigenvalue weighted by Crippen LogP contribution is 2.38. The minimum Gasteiger partial charge on any atom is -0.489 e. The van der Waals surface area contributed by atoms with Gasteiger partial charge in [-0.05, 0) is 110 Å². The highest BCUT2D eigenvalue weighted by Gasteiger charge is 2.32. The van der Waals surface area contributed by atoms with Crippen molar-refractivity contribution in [3.8, 4) is 11.5 Å². The van der Waals surface area contributed by atoms with Crippen LogP contribution in [0.2, 0.25) is 0 Å². The number of amides is 2. The quantitative estimate of drug-likeness (QED) is 0.0477. The first-order chi connectivity index (χ1) is 31.0. The van der Waals surface area contributed by atoms with E-state index in [1.807, 2.05) is 0 Å². The summed E-state index contributed by atoms with van der Waals surface area (Å²) in [5.74, 6) is -1.13. The van der Waals surface area contributed by atoms with Gasteiger partial charge in [0.05, 0.1) is 36.1 Å². The highest BCUT2D eigenvalue weighted by molar-refractivity contribution is 9.11. The highest BCUT2D eigenvalue weighted by atomic mass is 79.9. The zero-order valence-electron chi connectivity index (χ0n) is 35.9. The number of anilines is 3. The molecule has 1 fully saturated rings. The number of nitro groups is 2. The van der Waals surface area contributed by atoms with Crippen molar-refractivity contribution < 1.29 is 56.3 Å². The Morgan fingerprint density at radius 1 is 0.797 bits per heavy atom. The SMILES string of the molecule is C.C1CCOC1.C=CCOc1cc(F)cc(CN(C(=O)OCC)c2cc(Br)nc(Br)c2[N+](=O)[O-])c1.C=CCOc1cc(F)cc(CN(C(=O)OCC)c2cc(Br)nc(N)c2[N+](=O)[O-])c1.[2HH].[2H][2H]. The molecule has 64 heavy (non-hydrogen) atoms. The van der Waals surface area contributed by atoms with Crippen LogP contribution in [0.25, 0.3) is 0 Å². The number of rotatable bonds is 16. The molecule has 0 atom stereocenters. The molecule has 1 aliphatic rings. The number of aromatic nitrogens is 2. The maximum atomic E-state index is 14.0. The Bertz CT molecular complexity index is 2130. The van der Waals surface area contributed by atoms with E-state index >= 15 is 0 Å². The molecule has 2 aromatic carbocycles. The Labute approximate surface area is 397 Å². The Kier molecular flexibility index (Phi) is 22.5. The zero-order valence-corrected chi connectivity index (χ0v) is 38.7. The third-order valence-electron chi connectivity index (χ3n) is 7.90. The first kappa shape index (κ1) is 52.6. The number of benzene rings is 2. The molecule has 1 saturated heterocycles. The average molecular weight is 1100 g/mol. The fourth-order valence-electron chi connectivity index (χ4n) is 5.42. The molecule has 0 aliphatic carbocycles. The monoisotopic (exact) mass is 1090 g/mol. The molecule has 3 heterocycles. The third-order valence-corrected chi connectivity index (χ3v) is 9.26. The second-order valence-electron chi connectivity index (χ2n) is 12.5. The van der Waals surface area contributed by atoms with Crippen molar-refractivity contribution in [3.63, 3.8) is 0 Å². The van der Waals surface area contributed by atoms with Crippen LogP contribution in [0.1, 0.15) is 49.6 Å². The number of hydrogen-bond acceptors (Lipinski definition) is 14. The van der Waals surface area contributed by atoms with E-state index < -0.39 is 45.0 Å². The number of carbonyl (C=O) groups is 2. The van der Waals surface area contributed by atoms with E-state index in [1.165, 1.54) is 73.5 Å². The normalized spacial score (nSPS) is 11.4. The number of nitrogens with two attached hydrogens (primary N) is 1. The van der Waals surface area contributed by atoms with Crippen LogP contribution in [0.3, 0.4) is 0 Å². The van der Waals surface area contributed by atoms with Crippen LogP contribution >= 0.6 is 47.8 Å². The number of hydrogen-bond donors (Lipinski definition) is 1. The molecule has 2 N–H and O–H groups in total. The number of nitrogen functional groups attached to an aromatic ring is 1. The summed E-state index contributed by atoms with van der Waals surface area (Å²) >= 11 is 9.31. The molecular weight excluding hydrogens is 1040 g/mol. The van der Waals surface area contributed by atoms with Gasteiger partial charge in [-0.2, -0.15) is 0 Å². The largest absolute Gasteiger partial charge is 0.489 e. The molecule has 0 unspecified atom stereocenters. The van der Waals surface area contributed by atoms with Crippen molar-refractivity contribution in [2.75, 3.05) is 55.2 Å². The molecule has 0 spiro atoms. The van der Waals surface area contributed by atoms with E-state index in [-0.39, 0.29) is 90.9 Å². The molecule has 350 valence electrons. The van der Waals surface area contributed by atoms with Gasteiger partial charge in [-0.3, -0.25) is 30.0 Å². The molecule has 4 aromatic rings.